The molecule has 0 saturated heterocycles. The van der Waals surface area contributed by atoms with Crippen molar-refractivity contribution in [2.45, 2.75) is 26.2 Å². The fraction of sp³-hybridized carbons (Fsp3) is 0.316. The second kappa shape index (κ2) is 7.70. The van der Waals surface area contributed by atoms with Gasteiger partial charge in [-0.15, -0.1) is 11.3 Å². The number of anilines is 2. The summed E-state index contributed by atoms with van der Waals surface area (Å²) in [6, 6.07) is 9.00. The van der Waals surface area contributed by atoms with E-state index in [0.29, 0.717) is 22.0 Å². The molecule has 3 N–H and O–H groups in total. The molecule has 1 aliphatic carbocycles. The molecule has 1 fully saturated rings. The average Bonchev–Trinajstić information content (AvgIpc) is 3.40. The van der Waals surface area contributed by atoms with Gasteiger partial charge in [0.25, 0.3) is 5.91 Å². The van der Waals surface area contributed by atoms with Gasteiger partial charge in [0.05, 0.1) is 16.3 Å². The topological polar surface area (TPSA) is 87.3 Å². The van der Waals surface area contributed by atoms with Crippen LogP contribution in [0.5, 0.6) is 0 Å². The van der Waals surface area contributed by atoms with E-state index in [4.69, 9.17) is 0 Å². The fourth-order valence-electron chi connectivity index (χ4n) is 2.51. The van der Waals surface area contributed by atoms with Crippen LogP contribution in [-0.2, 0) is 16.0 Å². The maximum absolute atomic E-state index is 12.5. The van der Waals surface area contributed by atoms with Crippen molar-refractivity contribution in [3.63, 3.8) is 0 Å². The van der Waals surface area contributed by atoms with Crippen LogP contribution < -0.4 is 16.0 Å². The Morgan fingerprint density at radius 3 is 2.42 bits per heavy atom. The number of likely N-dealkylation sites (N-methyl/N-ethyl adjacent to an activating group) is 1. The SMILES string of the molecule is CNC(=O)Cc1ccc(NC(=O)c2sc(NC(=O)C3CC3)cc2C)cc1. The van der Waals surface area contributed by atoms with Crippen molar-refractivity contribution in [2.75, 3.05) is 17.7 Å². The summed E-state index contributed by atoms with van der Waals surface area (Å²) < 4.78 is 0. The van der Waals surface area contributed by atoms with Gasteiger partial charge in [0.2, 0.25) is 11.8 Å². The van der Waals surface area contributed by atoms with Crippen molar-refractivity contribution in [3.05, 3.63) is 46.3 Å². The Morgan fingerprint density at radius 1 is 1.12 bits per heavy atom. The summed E-state index contributed by atoms with van der Waals surface area (Å²) in [5, 5.41) is 9.01. The first kappa shape index (κ1) is 18.1. The van der Waals surface area contributed by atoms with Crippen molar-refractivity contribution in [1.29, 1.82) is 0 Å². The quantitative estimate of drug-likeness (QED) is 0.730. The summed E-state index contributed by atoms with van der Waals surface area (Å²) in [4.78, 5) is 36.3. The summed E-state index contributed by atoms with van der Waals surface area (Å²) in [6.45, 7) is 1.85. The zero-order chi connectivity index (χ0) is 18.7. The van der Waals surface area contributed by atoms with Gasteiger partial charge in [-0.2, -0.15) is 0 Å². The molecule has 1 aromatic carbocycles. The lowest BCUT2D eigenvalue weighted by Gasteiger charge is -2.06. The minimum atomic E-state index is -0.210. The standard InChI is InChI=1S/C19H21N3O3S/c1-11-9-16(22-18(24)13-5-6-13)26-17(11)19(25)21-14-7-3-12(4-8-14)10-15(23)20-2/h3-4,7-9,13H,5-6,10H2,1-2H3,(H,20,23)(H,21,25)(H,22,24). The molecule has 0 atom stereocenters. The zero-order valence-corrected chi connectivity index (χ0v) is 15.5. The molecular weight excluding hydrogens is 350 g/mol. The van der Waals surface area contributed by atoms with Crippen LogP contribution in [-0.4, -0.2) is 24.8 Å². The van der Waals surface area contributed by atoms with Crippen LogP contribution >= 0.6 is 11.3 Å². The highest BCUT2D eigenvalue weighted by Gasteiger charge is 2.30. The van der Waals surface area contributed by atoms with E-state index in [2.05, 4.69) is 16.0 Å². The van der Waals surface area contributed by atoms with E-state index in [1.165, 1.54) is 11.3 Å². The molecule has 6 nitrogen and oxygen atoms in total. The molecule has 3 rings (SSSR count). The van der Waals surface area contributed by atoms with Crippen LogP contribution in [0, 0.1) is 12.8 Å². The van der Waals surface area contributed by atoms with E-state index in [0.717, 1.165) is 24.0 Å². The Bertz CT molecular complexity index is 838. The van der Waals surface area contributed by atoms with E-state index in [-0.39, 0.29) is 23.6 Å². The number of aryl methyl sites for hydroxylation is 1. The molecule has 1 aliphatic rings. The van der Waals surface area contributed by atoms with Crippen molar-refractivity contribution in [2.24, 2.45) is 5.92 Å². The molecule has 0 spiro atoms. The van der Waals surface area contributed by atoms with Gasteiger partial charge in [-0.05, 0) is 49.1 Å². The Morgan fingerprint density at radius 2 is 1.81 bits per heavy atom. The van der Waals surface area contributed by atoms with Crippen LogP contribution in [0.4, 0.5) is 10.7 Å². The predicted octanol–water partition coefficient (Wildman–Crippen LogP) is 2.95. The molecule has 0 radical (unpaired) electrons. The molecule has 0 bridgehead atoms. The van der Waals surface area contributed by atoms with Gasteiger partial charge in [0, 0.05) is 18.7 Å². The number of amides is 3. The monoisotopic (exact) mass is 371 g/mol. The van der Waals surface area contributed by atoms with Crippen LogP contribution in [0.25, 0.3) is 0 Å². The Hall–Kier alpha value is -2.67. The first-order valence-electron chi connectivity index (χ1n) is 8.48. The van der Waals surface area contributed by atoms with Crippen molar-refractivity contribution >= 4 is 39.7 Å². The lowest BCUT2D eigenvalue weighted by atomic mass is 10.1. The van der Waals surface area contributed by atoms with Gasteiger partial charge in [-0.3, -0.25) is 14.4 Å². The lowest BCUT2D eigenvalue weighted by molar-refractivity contribution is -0.120. The van der Waals surface area contributed by atoms with Gasteiger partial charge in [0.1, 0.15) is 0 Å². The number of nitrogens with one attached hydrogen (secondary N) is 3. The van der Waals surface area contributed by atoms with Crippen LogP contribution in [0.1, 0.15) is 33.6 Å². The first-order valence-corrected chi connectivity index (χ1v) is 9.30. The number of rotatable bonds is 6. The minimum Gasteiger partial charge on any atom is -0.359 e. The van der Waals surface area contributed by atoms with Crippen molar-refractivity contribution < 1.29 is 14.4 Å². The van der Waals surface area contributed by atoms with Gasteiger partial charge >= 0.3 is 0 Å². The largest absolute Gasteiger partial charge is 0.359 e. The van der Waals surface area contributed by atoms with Crippen LogP contribution in [0.3, 0.4) is 0 Å². The lowest BCUT2D eigenvalue weighted by Crippen LogP contribution is -2.19. The second-order valence-corrected chi connectivity index (χ2v) is 7.44. The number of carbonyl (C=O) groups excluding carboxylic acids is 3. The summed E-state index contributed by atoms with van der Waals surface area (Å²) in [5.41, 5.74) is 2.36. The predicted molar refractivity (Wildman–Crippen MR) is 103 cm³/mol. The molecule has 136 valence electrons. The Balaban J connectivity index is 1.63. The van der Waals surface area contributed by atoms with Crippen molar-refractivity contribution in [1.82, 2.24) is 5.32 Å². The highest BCUT2D eigenvalue weighted by atomic mass is 32.1. The summed E-state index contributed by atoms with van der Waals surface area (Å²) in [7, 11) is 1.60. The molecule has 7 heteroatoms. The first-order chi connectivity index (χ1) is 12.5. The van der Waals surface area contributed by atoms with Crippen LogP contribution in [0.15, 0.2) is 30.3 Å². The number of thiophene rings is 1. The van der Waals surface area contributed by atoms with E-state index >= 15 is 0 Å². The van der Waals surface area contributed by atoms with E-state index in [9.17, 15) is 14.4 Å². The number of hydrogen-bond acceptors (Lipinski definition) is 4. The summed E-state index contributed by atoms with van der Waals surface area (Å²) >= 11 is 1.28. The maximum Gasteiger partial charge on any atom is 0.266 e. The number of hydrogen-bond donors (Lipinski definition) is 3. The summed E-state index contributed by atoms with van der Waals surface area (Å²) in [5.74, 6) is -0.108. The Kier molecular flexibility index (Phi) is 5.37. The molecule has 1 heterocycles. The Labute approximate surface area is 156 Å². The fourth-order valence-corrected chi connectivity index (χ4v) is 3.48. The van der Waals surface area contributed by atoms with Crippen LogP contribution in [0.2, 0.25) is 0 Å². The highest BCUT2D eigenvalue weighted by Crippen LogP contribution is 2.33. The molecule has 26 heavy (non-hydrogen) atoms. The molecule has 0 aliphatic heterocycles. The average molecular weight is 371 g/mol. The molecule has 3 amide bonds. The van der Waals surface area contributed by atoms with Gasteiger partial charge in [-0.25, -0.2) is 0 Å². The minimum absolute atomic E-state index is 0.0323. The third-order valence-electron chi connectivity index (χ3n) is 4.17. The van der Waals surface area contributed by atoms with E-state index < -0.39 is 0 Å². The smallest absolute Gasteiger partial charge is 0.266 e. The number of benzene rings is 1. The third-order valence-corrected chi connectivity index (χ3v) is 5.33. The molecule has 2 aromatic rings. The second-order valence-electron chi connectivity index (χ2n) is 6.39. The van der Waals surface area contributed by atoms with E-state index in [1.807, 2.05) is 25.1 Å². The highest BCUT2D eigenvalue weighted by molar-refractivity contribution is 7.18. The van der Waals surface area contributed by atoms with Gasteiger partial charge in [0.15, 0.2) is 0 Å². The van der Waals surface area contributed by atoms with Crippen molar-refractivity contribution in [3.8, 4) is 0 Å². The summed E-state index contributed by atoms with van der Waals surface area (Å²) in [6.07, 6.45) is 2.19. The third kappa shape index (κ3) is 4.49. The molecule has 0 unspecified atom stereocenters. The number of carbonyl (C=O) groups is 3. The zero-order valence-electron chi connectivity index (χ0n) is 14.7. The maximum atomic E-state index is 12.5. The molecule has 1 saturated carbocycles. The van der Waals surface area contributed by atoms with Gasteiger partial charge < -0.3 is 16.0 Å². The van der Waals surface area contributed by atoms with Gasteiger partial charge in [-0.1, -0.05) is 12.1 Å². The molecule has 1 aromatic heterocycles. The van der Waals surface area contributed by atoms with E-state index in [1.54, 1.807) is 19.2 Å². The normalized spacial score (nSPS) is 13.2. The molecular formula is C19H21N3O3S.